The van der Waals surface area contributed by atoms with Gasteiger partial charge in [0.25, 0.3) is 5.91 Å². The van der Waals surface area contributed by atoms with Gasteiger partial charge in [-0.1, -0.05) is 63.9 Å². The fourth-order valence-electron chi connectivity index (χ4n) is 6.54. The summed E-state index contributed by atoms with van der Waals surface area (Å²) >= 11 is 10.2. The van der Waals surface area contributed by atoms with Crippen LogP contribution in [-0.2, 0) is 16.6 Å². The van der Waals surface area contributed by atoms with E-state index in [0.717, 1.165) is 37.8 Å². The molecule has 1 N–H and O–H groups in total. The van der Waals surface area contributed by atoms with E-state index in [1.54, 1.807) is 11.7 Å². The van der Waals surface area contributed by atoms with Crippen LogP contribution in [0.15, 0.2) is 65.3 Å². The van der Waals surface area contributed by atoms with Crippen molar-refractivity contribution in [1.29, 1.82) is 0 Å². The molecule has 0 saturated heterocycles. The Bertz CT molecular complexity index is 1800. The van der Waals surface area contributed by atoms with Gasteiger partial charge in [-0.05, 0) is 82.7 Å². The van der Waals surface area contributed by atoms with Crippen LogP contribution in [-0.4, -0.2) is 37.8 Å². The molecule has 3 aliphatic rings. The molecule has 0 radical (unpaired) electrons. The monoisotopic (exact) mass is 660 g/mol. The van der Waals surface area contributed by atoms with Crippen molar-refractivity contribution in [1.82, 2.24) is 20.1 Å². The molecule has 1 saturated carbocycles. The number of hydrogen-bond acceptors (Lipinski definition) is 5. The molecule has 0 atom stereocenters. The lowest BCUT2D eigenvalue weighted by Gasteiger charge is -2.51. The lowest BCUT2D eigenvalue weighted by atomic mass is 9.57. The summed E-state index contributed by atoms with van der Waals surface area (Å²) in [5.41, 5.74) is 3.18. The summed E-state index contributed by atoms with van der Waals surface area (Å²) in [5, 5.41) is 8.93. The van der Waals surface area contributed by atoms with Crippen molar-refractivity contribution in [2.75, 3.05) is 0 Å². The van der Waals surface area contributed by atoms with E-state index in [2.05, 4.69) is 26.3 Å². The Balaban J connectivity index is 1.48. The number of pyridine rings is 1. The minimum atomic E-state index is -0.793. The van der Waals surface area contributed by atoms with E-state index in [1.165, 1.54) is 0 Å². The molecule has 9 heteroatoms. The highest BCUT2D eigenvalue weighted by molar-refractivity contribution is 9.10. The number of hydrogen-bond donors (Lipinski definition) is 1. The zero-order valence-electron chi connectivity index (χ0n) is 24.9. The van der Waals surface area contributed by atoms with Gasteiger partial charge in [0.2, 0.25) is 0 Å². The summed E-state index contributed by atoms with van der Waals surface area (Å²) in [6.07, 6.45) is 6.07. The molecule has 7 nitrogen and oxygen atoms in total. The second kappa shape index (κ2) is 10.6. The SMILES string of the molecule is Cc1c(-c2ccccc2)nc2ccc(Br)cc2c1C(=O)NC12CCC(C(=O)OC(C)(C)C)(C=C1c1cn(C)nc1Cl)CC2. The average Bonchev–Trinajstić information content (AvgIpc) is 3.29. The minimum absolute atomic E-state index is 0.197. The summed E-state index contributed by atoms with van der Waals surface area (Å²) < 4.78 is 8.41. The first-order chi connectivity index (χ1) is 20.3. The van der Waals surface area contributed by atoms with E-state index < -0.39 is 16.6 Å². The molecular weight excluding hydrogens is 628 g/mol. The number of amides is 1. The Labute approximate surface area is 264 Å². The Morgan fingerprint density at radius 2 is 1.77 bits per heavy atom. The fraction of sp³-hybridized carbons (Fsp3) is 0.353. The molecule has 0 aliphatic heterocycles. The maximum atomic E-state index is 14.6. The van der Waals surface area contributed by atoms with Crippen molar-refractivity contribution >= 4 is 55.9 Å². The zero-order valence-corrected chi connectivity index (χ0v) is 27.3. The average molecular weight is 662 g/mol. The van der Waals surface area contributed by atoms with Crippen LogP contribution in [0.3, 0.4) is 0 Å². The summed E-state index contributed by atoms with van der Waals surface area (Å²) in [4.78, 5) is 33.1. The third-order valence-corrected chi connectivity index (χ3v) is 9.40. The Morgan fingerprint density at radius 1 is 1.07 bits per heavy atom. The largest absolute Gasteiger partial charge is 0.459 e. The van der Waals surface area contributed by atoms with Gasteiger partial charge in [-0.15, -0.1) is 0 Å². The van der Waals surface area contributed by atoms with Gasteiger partial charge in [-0.2, -0.15) is 5.10 Å². The number of carbonyl (C=O) groups excluding carboxylic acids is 2. The molecule has 0 spiro atoms. The molecule has 7 rings (SSSR count). The molecular formula is C34H34BrClN4O3. The molecule has 2 aromatic heterocycles. The smallest absolute Gasteiger partial charge is 0.316 e. The van der Waals surface area contributed by atoms with E-state index in [-0.39, 0.29) is 11.9 Å². The van der Waals surface area contributed by atoms with Gasteiger partial charge in [-0.3, -0.25) is 14.3 Å². The molecule has 2 heterocycles. The fourth-order valence-corrected chi connectivity index (χ4v) is 7.17. The van der Waals surface area contributed by atoms with Crippen molar-refractivity contribution in [3.05, 3.63) is 87.1 Å². The van der Waals surface area contributed by atoms with Crippen molar-refractivity contribution in [2.24, 2.45) is 12.5 Å². The van der Waals surface area contributed by atoms with Gasteiger partial charge in [-0.25, -0.2) is 4.98 Å². The predicted molar refractivity (Wildman–Crippen MR) is 173 cm³/mol. The molecule has 4 aromatic rings. The number of aryl methyl sites for hydroxylation is 1. The van der Waals surface area contributed by atoms with Crippen molar-refractivity contribution in [3.63, 3.8) is 0 Å². The van der Waals surface area contributed by atoms with Crippen molar-refractivity contribution < 1.29 is 14.3 Å². The predicted octanol–water partition coefficient (Wildman–Crippen LogP) is 7.83. The molecule has 1 amide bonds. The van der Waals surface area contributed by atoms with Crippen molar-refractivity contribution in [2.45, 2.75) is 64.5 Å². The van der Waals surface area contributed by atoms with Crippen LogP contribution in [0.2, 0.25) is 5.15 Å². The van der Waals surface area contributed by atoms with Crippen LogP contribution in [0.25, 0.3) is 27.7 Å². The third-order valence-electron chi connectivity index (χ3n) is 8.63. The van der Waals surface area contributed by atoms with Gasteiger partial charge in [0, 0.05) is 34.2 Å². The highest BCUT2D eigenvalue weighted by Crippen LogP contribution is 2.56. The summed E-state index contributed by atoms with van der Waals surface area (Å²) in [5.74, 6) is -0.441. The maximum absolute atomic E-state index is 14.6. The van der Waals surface area contributed by atoms with Gasteiger partial charge in [0.15, 0.2) is 5.15 Å². The van der Waals surface area contributed by atoms with E-state index >= 15 is 0 Å². The highest BCUT2D eigenvalue weighted by atomic mass is 79.9. The van der Waals surface area contributed by atoms with E-state index in [4.69, 9.17) is 21.3 Å². The van der Waals surface area contributed by atoms with Crippen LogP contribution in [0.5, 0.6) is 0 Å². The Kier molecular flexibility index (Phi) is 7.29. The number of halogens is 2. The maximum Gasteiger partial charge on any atom is 0.316 e. The first-order valence-corrected chi connectivity index (χ1v) is 15.6. The molecule has 43 heavy (non-hydrogen) atoms. The molecule has 0 unspecified atom stereocenters. The van der Waals surface area contributed by atoms with E-state index in [9.17, 15) is 9.59 Å². The first-order valence-electron chi connectivity index (χ1n) is 14.4. The molecule has 3 aliphatic carbocycles. The number of carbonyl (C=O) groups is 2. The van der Waals surface area contributed by atoms with Crippen molar-refractivity contribution in [3.8, 4) is 11.3 Å². The molecule has 1 fully saturated rings. The topological polar surface area (TPSA) is 86.1 Å². The van der Waals surface area contributed by atoms with Gasteiger partial charge < -0.3 is 10.1 Å². The van der Waals surface area contributed by atoms with Gasteiger partial charge in [0.1, 0.15) is 5.60 Å². The van der Waals surface area contributed by atoms with Crippen LogP contribution >= 0.6 is 27.5 Å². The normalized spacial score (nSPS) is 21.5. The number of benzene rings is 2. The molecule has 2 aromatic carbocycles. The summed E-state index contributed by atoms with van der Waals surface area (Å²) in [6.45, 7) is 7.59. The minimum Gasteiger partial charge on any atom is -0.459 e. The van der Waals surface area contributed by atoms with E-state index in [1.807, 2.05) is 88.5 Å². The second-order valence-electron chi connectivity index (χ2n) is 12.7. The zero-order chi connectivity index (χ0) is 30.7. The third kappa shape index (κ3) is 5.29. The quantitative estimate of drug-likeness (QED) is 0.221. The Hall–Kier alpha value is -3.49. The first kappa shape index (κ1) is 29.6. The van der Waals surface area contributed by atoms with E-state index in [0.29, 0.717) is 42.0 Å². The van der Waals surface area contributed by atoms with Crippen LogP contribution in [0, 0.1) is 12.3 Å². The second-order valence-corrected chi connectivity index (χ2v) is 14.0. The number of esters is 1. The number of nitrogens with one attached hydrogen (secondary N) is 1. The van der Waals surface area contributed by atoms with Gasteiger partial charge >= 0.3 is 5.97 Å². The standard InChI is InChI=1S/C34H34BrClN4O3/c1-20-27(23-17-22(35)11-12-26(23)37-28(20)21-9-7-6-8-10-21)30(41)38-34-15-13-33(14-16-34,31(42)43-32(2,3)4)18-25(34)24-19-40(5)39-29(24)36/h6-12,17-19H,13-16H2,1-5H3,(H,38,41). The summed E-state index contributed by atoms with van der Waals surface area (Å²) in [6, 6.07) is 15.7. The van der Waals surface area contributed by atoms with Crippen LogP contribution < -0.4 is 5.32 Å². The Morgan fingerprint density at radius 3 is 2.40 bits per heavy atom. The number of rotatable bonds is 5. The van der Waals surface area contributed by atoms with Gasteiger partial charge in [0.05, 0.1) is 27.7 Å². The summed E-state index contributed by atoms with van der Waals surface area (Å²) in [7, 11) is 1.81. The molecule has 2 bridgehead atoms. The van der Waals surface area contributed by atoms with Crippen LogP contribution in [0.1, 0.15) is 67.9 Å². The molecule has 222 valence electrons. The highest BCUT2D eigenvalue weighted by Gasteiger charge is 2.55. The number of fused-ring (bicyclic) bond motifs is 3. The number of ether oxygens (including phenoxy) is 1. The van der Waals surface area contributed by atoms with Crippen LogP contribution in [0.4, 0.5) is 0 Å². The number of aromatic nitrogens is 3. The number of nitrogens with zero attached hydrogens (tertiary/aromatic N) is 3. The lowest BCUT2D eigenvalue weighted by molar-refractivity contribution is -0.167. The lowest BCUT2D eigenvalue weighted by Crippen LogP contribution is -2.58.